The number of ether oxygens (including phenoxy) is 1. The van der Waals surface area contributed by atoms with Gasteiger partial charge in [0.15, 0.2) is 0 Å². The van der Waals surface area contributed by atoms with Crippen LogP contribution in [0.2, 0.25) is 5.02 Å². The van der Waals surface area contributed by atoms with E-state index in [0.29, 0.717) is 36.5 Å². The number of carbonyl (C=O) groups is 1. The van der Waals surface area contributed by atoms with E-state index in [1.165, 1.54) is 0 Å². The molecule has 0 aromatic heterocycles. The first-order valence-electron chi connectivity index (χ1n) is 9.84. The second kappa shape index (κ2) is 12.0. The normalized spacial score (nSPS) is 25.7. The van der Waals surface area contributed by atoms with Crippen LogP contribution in [0, 0.1) is 11.8 Å². The van der Waals surface area contributed by atoms with E-state index in [9.17, 15) is 20.1 Å². The maximum absolute atomic E-state index is 10.5. The number of hydrogen-bond donors (Lipinski definition) is 4. The minimum Gasteiger partial charge on any atom is -0.491 e. The van der Waals surface area contributed by atoms with Crippen molar-refractivity contribution in [2.75, 3.05) is 6.61 Å². The maximum atomic E-state index is 10.5. The minimum atomic E-state index is -0.855. The molecule has 0 heterocycles. The van der Waals surface area contributed by atoms with Crippen LogP contribution < -0.4 is 4.74 Å². The molecule has 5 atom stereocenters. The monoisotopic (exact) mass is 424 g/mol. The summed E-state index contributed by atoms with van der Waals surface area (Å²) in [5, 5.41) is 39.8. The first-order valence-corrected chi connectivity index (χ1v) is 10.2. The Morgan fingerprint density at radius 2 is 2.07 bits per heavy atom. The molecule has 7 heteroatoms. The molecule has 1 saturated carbocycles. The van der Waals surface area contributed by atoms with Crippen molar-refractivity contribution in [3.05, 3.63) is 53.6 Å². The van der Waals surface area contributed by atoms with Crippen molar-refractivity contribution in [2.24, 2.45) is 11.8 Å². The first kappa shape index (κ1) is 23.4. The summed E-state index contributed by atoms with van der Waals surface area (Å²) < 4.78 is 5.51. The van der Waals surface area contributed by atoms with Gasteiger partial charge >= 0.3 is 5.97 Å². The quantitative estimate of drug-likeness (QED) is 0.321. The van der Waals surface area contributed by atoms with Crippen LogP contribution in [0.1, 0.15) is 32.1 Å². The number of hydrogen-bond acceptors (Lipinski definition) is 5. The molecule has 1 aliphatic carbocycles. The minimum absolute atomic E-state index is 0.0519. The average Bonchev–Trinajstić information content (AvgIpc) is 2.93. The molecule has 0 spiro atoms. The van der Waals surface area contributed by atoms with Crippen LogP contribution in [0.4, 0.5) is 0 Å². The summed E-state index contributed by atoms with van der Waals surface area (Å²) in [6.07, 6.45) is 7.26. The lowest BCUT2D eigenvalue weighted by molar-refractivity contribution is -0.137. The molecular formula is C22H29ClO6. The Morgan fingerprint density at radius 1 is 1.28 bits per heavy atom. The lowest BCUT2D eigenvalue weighted by Crippen LogP contribution is -2.21. The van der Waals surface area contributed by atoms with Crippen LogP contribution in [0.5, 0.6) is 5.75 Å². The van der Waals surface area contributed by atoms with Gasteiger partial charge in [0, 0.05) is 23.8 Å². The molecule has 2 rings (SSSR count). The SMILES string of the molecule is O=C(O)CCC/C=C/C[C@H]1[C@H](/C=C/[C@H](O)COc2cccc(Cl)c2)[C@@H](O)C[C@H]1O. The Hall–Kier alpha value is -1.86. The van der Waals surface area contributed by atoms with E-state index < -0.39 is 24.3 Å². The van der Waals surface area contributed by atoms with Gasteiger partial charge in [-0.05, 0) is 43.4 Å². The summed E-state index contributed by atoms with van der Waals surface area (Å²) in [5.74, 6) is -0.671. The van der Waals surface area contributed by atoms with E-state index in [0.717, 1.165) is 0 Å². The zero-order valence-corrected chi connectivity index (χ0v) is 17.0. The van der Waals surface area contributed by atoms with Crippen molar-refractivity contribution < 1.29 is 30.0 Å². The van der Waals surface area contributed by atoms with Crippen molar-refractivity contribution in [3.63, 3.8) is 0 Å². The fraction of sp³-hybridized carbons (Fsp3) is 0.500. The van der Waals surface area contributed by atoms with Crippen LogP contribution >= 0.6 is 11.6 Å². The standard InChI is InChI=1S/C22H29ClO6/c23-15-6-5-7-17(12-15)29-14-16(24)10-11-19-18(20(25)13-21(19)26)8-3-1-2-4-9-22(27)28/h1,3,5-7,10-12,16,18-21,24-26H,2,4,8-9,13-14H2,(H,27,28)/b3-1+,11-10+/t16-,18-,19-,20+,21-/m0/s1. The van der Waals surface area contributed by atoms with Gasteiger partial charge in [-0.25, -0.2) is 0 Å². The second-order valence-electron chi connectivity index (χ2n) is 7.33. The summed E-state index contributed by atoms with van der Waals surface area (Å²) in [6.45, 7) is 0.0519. The van der Waals surface area contributed by atoms with Crippen molar-refractivity contribution in [3.8, 4) is 5.75 Å². The predicted molar refractivity (Wildman–Crippen MR) is 111 cm³/mol. The number of rotatable bonds is 11. The summed E-state index contributed by atoms with van der Waals surface area (Å²) in [6, 6.07) is 6.90. The lowest BCUT2D eigenvalue weighted by atomic mass is 9.89. The average molecular weight is 425 g/mol. The number of halogens is 1. The molecule has 0 radical (unpaired) electrons. The molecular weight excluding hydrogens is 396 g/mol. The third-order valence-corrected chi connectivity index (χ3v) is 5.26. The van der Waals surface area contributed by atoms with Gasteiger partial charge in [-0.3, -0.25) is 4.79 Å². The van der Waals surface area contributed by atoms with Crippen LogP contribution in [0.25, 0.3) is 0 Å². The number of benzene rings is 1. The van der Waals surface area contributed by atoms with Crippen LogP contribution in [0.3, 0.4) is 0 Å². The van der Waals surface area contributed by atoms with Gasteiger partial charge < -0.3 is 25.2 Å². The number of aliphatic hydroxyl groups is 3. The van der Waals surface area contributed by atoms with Gasteiger partial charge in [0.25, 0.3) is 0 Å². The molecule has 29 heavy (non-hydrogen) atoms. The topological polar surface area (TPSA) is 107 Å². The largest absolute Gasteiger partial charge is 0.491 e. The molecule has 6 nitrogen and oxygen atoms in total. The van der Waals surface area contributed by atoms with Gasteiger partial charge in [0.05, 0.1) is 12.2 Å². The highest BCUT2D eigenvalue weighted by molar-refractivity contribution is 6.30. The molecule has 0 aliphatic heterocycles. The molecule has 0 bridgehead atoms. The Kier molecular flexibility index (Phi) is 9.67. The molecule has 0 amide bonds. The van der Waals surface area contributed by atoms with E-state index in [1.54, 1.807) is 36.4 Å². The van der Waals surface area contributed by atoms with E-state index in [-0.39, 0.29) is 24.9 Å². The molecule has 1 aromatic rings. The van der Waals surface area contributed by atoms with Gasteiger partial charge in [0.1, 0.15) is 18.5 Å². The van der Waals surface area contributed by atoms with Crippen molar-refractivity contribution >= 4 is 17.6 Å². The molecule has 160 valence electrons. The molecule has 1 aromatic carbocycles. The highest BCUT2D eigenvalue weighted by Gasteiger charge is 2.39. The number of unbranched alkanes of at least 4 members (excludes halogenated alkanes) is 1. The molecule has 4 N–H and O–H groups in total. The maximum Gasteiger partial charge on any atom is 0.303 e. The highest BCUT2D eigenvalue weighted by atomic mass is 35.5. The highest BCUT2D eigenvalue weighted by Crippen LogP contribution is 2.36. The fourth-order valence-corrected chi connectivity index (χ4v) is 3.68. The number of aliphatic hydroxyl groups excluding tert-OH is 3. The third kappa shape index (κ3) is 8.19. The van der Waals surface area contributed by atoms with Crippen LogP contribution in [-0.2, 0) is 4.79 Å². The first-order chi connectivity index (χ1) is 13.9. The third-order valence-electron chi connectivity index (χ3n) is 5.02. The molecule has 1 fully saturated rings. The Bertz CT molecular complexity index is 704. The van der Waals surface area contributed by atoms with E-state index in [4.69, 9.17) is 21.4 Å². The Morgan fingerprint density at radius 3 is 2.79 bits per heavy atom. The van der Waals surface area contributed by atoms with E-state index >= 15 is 0 Å². The van der Waals surface area contributed by atoms with Gasteiger partial charge in [0.2, 0.25) is 0 Å². The van der Waals surface area contributed by atoms with Gasteiger partial charge in [-0.15, -0.1) is 0 Å². The Balaban J connectivity index is 1.83. The van der Waals surface area contributed by atoms with Crippen molar-refractivity contribution in [2.45, 2.75) is 50.4 Å². The van der Waals surface area contributed by atoms with E-state index in [2.05, 4.69) is 0 Å². The number of carboxylic acids is 1. The zero-order valence-electron chi connectivity index (χ0n) is 16.2. The number of carboxylic acid groups (broad SMARTS) is 1. The molecule has 1 aliphatic rings. The fourth-order valence-electron chi connectivity index (χ4n) is 3.50. The summed E-state index contributed by atoms with van der Waals surface area (Å²) >= 11 is 5.90. The summed E-state index contributed by atoms with van der Waals surface area (Å²) in [4.78, 5) is 10.5. The van der Waals surface area contributed by atoms with Gasteiger partial charge in [-0.1, -0.05) is 42.0 Å². The predicted octanol–water partition coefficient (Wildman–Crippen LogP) is 3.20. The summed E-state index contributed by atoms with van der Waals surface area (Å²) in [5.41, 5.74) is 0. The molecule has 0 saturated heterocycles. The number of aliphatic carboxylic acids is 1. The van der Waals surface area contributed by atoms with Crippen molar-refractivity contribution in [1.82, 2.24) is 0 Å². The second-order valence-corrected chi connectivity index (χ2v) is 7.76. The Labute approximate surface area is 176 Å². The smallest absolute Gasteiger partial charge is 0.303 e. The van der Waals surface area contributed by atoms with Gasteiger partial charge in [-0.2, -0.15) is 0 Å². The van der Waals surface area contributed by atoms with E-state index in [1.807, 2.05) is 12.2 Å². The molecule has 0 unspecified atom stereocenters. The van der Waals surface area contributed by atoms with Crippen LogP contribution in [0.15, 0.2) is 48.6 Å². The lowest BCUT2D eigenvalue weighted by Gasteiger charge is -2.19. The number of allylic oxidation sites excluding steroid dienone is 2. The van der Waals surface area contributed by atoms with Crippen molar-refractivity contribution in [1.29, 1.82) is 0 Å². The summed E-state index contributed by atoms with van der Waals surface area (Å²) in [7, 11) is 0. The van der Waals surface area contributed by atoms with Crippen LogP contribution in [-0.4, -0.2) is 51.3 Å². The zero-order chi connectivity index (χ0) is 21.2.